The predicted octanol–water partition coefficient (Wildman–Crippen LogP) is 1.08. The Hall–Kier alpha value is -2.70. The number of hydrogen-bond donors (Lipinski definition) is 4. The molecule has 0 radical (unpaired) electrons. The SMILES string of the molecule is CC(C)CC(NC(=O)C(=O)NC1CCCCC1)C(=O)NC(C[C@@H]1CCNC1=O)C(=O)COC(F)(F)F. The Morgan fingerprint density at radius 2 is 1.67 bits per heavy atom. The third kappa shape index (κ3) is 10.1. The van der Waals surface area contributed by atoms with Crippen LogP contribution < -0.4 is 21.3 Å². The highest BCUT2D eigenvalue weighted by atomic mass is 19.4. The number of nitrogens with one attached hydrogen (secondary N) is 4. The molecule has 1 heterocycles. The lowest BCUT2D eigenvalue weighted by Gasteiger charge is -2.26. The summed E-state index contributed by atoms with van der Waals surface area (Å²) in [5.41, 5.74) is 0. The molecule has 36 heavy (non-hydrogen) atoms. The van der Waals surface area contributed by atoms with E-state index in [4.69, 9.17) is 0 Å². The molecule has 0 bridgehead atoms. The van der Waals surface area contributed by atoms with E-state index in [-0.39, 0.29) is 30.7 Å². The first kappa shape index (κ1) is 29.5. The smallest absolute Gasteiger partial charge is 0.356 e. The fourth-order valence-corrected chi connectivity index (χ4v) is 4.38. The van der Waals surface area contributed by atoms with Crippen molar-refractivity contribution in [3.63, 3.8) is 0 Å². The van der Waals surface area contributed by atoms with Crippen molar-refractivity contribution in [2.24, 2.45) is 11.8 Å². The highest BCUT2D eigenvalue weighted by Gasteiger charge is 2.36. The second kappa shape index (κ2) is 13.6. The minimum atomic E-state index is -5.05. The number of amides is 4. The van der Waals surface area contributed by atoms with Crippen LogP contribution in [-0.4, -0.2) is 67.1 Å². The van der Waals surface area contributed by atoms with Crippen molar-refractivity contribution in [1.29, 1.82) is 0 Å². The second-order valence-corrected chi connectivity index (χ2v) is 9.74. The molecule has 1 aliphatic carbocycles. The standard InChI is InChI=1S/C23H35F3N4O6/c1-13(2)10-17(30-22(35)21(34)28-15-6-4-3-5-7-15)20(33)29-16(11-14-8-9-27-19(14)32)18(31)12-36-23(24,25)26/h13-17H,3-12H2,1-2H3,(H,27,32)(H,28,34)(H,29,33)(H,30,35)/t14-,16?,17?/m0/s1. The summed E-state index contributed by atoms with van der Waals surface area (Å²) in [6.45, 7) is 2.56. The molecule has 2 rings (SSSR count). The Morgan fingerprint density at radius 1 is 1.00 bits per heavy atom. The number of hydrogen-bond acceptors (Lipinski definition) is 6. The molecule has 4 amide bonds. The van der Waals surface area contributed by atoms with Crippen LogP contribution in [0.4, 0.5) is 13.2 Å². The van der Waals surface area contributed by atoms with Crippen LogP contribution in [-0.2, 0) is 28.7 Å². The molecule has 2 fully saturated rings. The van der Waals surface area contributed by atoms with Gasteiger partial charge in [-0.15, -0.1) is 13.2 Å². The number of rotatable bonds is 11. The minimum absolute atomic E-state index is 0.106. The Labute approximate surface area is 207 Å². The van der Waals surface area contributed by atoms with Crippen LogP contribution in [0.25, 0.3) is 0 Å². The molecule has 1 aliphatic heterocycles. The van der Waals surface area contributed by atoms with E-state index >= 15 is 0 Å². The molecule has 0 aromatic heterocycles. The fourth-order valence-electron chi connectivity index (χ4n) is 4.38. The largest absolute Gasteiger partial charge is 0.522 e. The Balaban J connectivity index is 2.07. The van der Waals surface area contributed by atoms with Crippen molar-refractivity contribution in [2.75, 3.05) is 13.2 Å². The lowest BCUT2D eigenvalue weighted by molar-refractivity contribution is -0.321. The molecular formula is C23H35F3N4O6. The van der Waals surface area contributed by atoms with Gasteiger partial charge < -0.3 is 21.3 Å². The van der Waals surface area contributed by atoms with Crippen LogP contribution in [0, 0.1) is 11.8 Å². The summed E-state index contributed by atoms with van der Waals surface area (Å²) in [6, 6.07) is -2.79. The number of Topliss-reactive ketones (excluding diaryl/α,β-unsaturated/α-hetero) is 1. The molecule has 2 aliphatic rings. The number of ether oxygens (including phenoxy) is 1. The van der Waals surface area contributed by atoms with E-state index in [1.165, 1.54) is 0 Å². The van der Waals surface area contributed by atoms with Gasteiger partial charge in [0.2, 0.25) is 11.8 Å². The molecule has 3 atom stereocenters. The van der Waals surface area contributed by atoms with Crippen LogP contribution in [0.1, 0.15) is 65.2 Å². The normalized spacial score (nSPS) is 20.4. The summed E-state index contributed by atoms with van der Waals surface area (Å²) >= 11 is 0. The highest BCUT2D eigenvalue weighted by Crippen LogP contribution is 2.20. The fraction of sp³-hybridized carbons (Fsp3) is 0.783. The first-order valence-corrected chi connectivity index (χ1v) is 12.3. The zero-order chi connectivity index (χ0) is 26.9. The van der Waals surface area contributed by atoms with Crippen molar-refractivity contribution in [2.45, 2.75) is 89.7 Å². The molecule has 0 aromatic carbocycles. The average molecular weight is 521 g/mol. The molecule has 1 saturated heterocycles. The van der Waals surface area contributed by atoms with E-state index in [1.54, 1.807) is 13.8 Å². The number of halogens is 3. The van der Waals surface area contributed by atoms with Gasteiger partial charge in [0.15, 0.2) is 5.78 Å². The van der Waals surface area contributed by atoms with Gasteiger partial charge in [0.25, 0.3) is 0 Å². The molecule has 13 heteroatoms. The first-order valence-electron chi connectivity index (χ1n) is 12.3. The summed E-state index contributed by atoms with van der Waals surface area (Å²) in [4.78, 5) is 62.3. The maximum Gasteiger partial charge on any atom is 0.522 e. The summed E-state index contributed by atoms with van der Waals surface area (Å²) in [7, 11) is 0. The van der Waals surface area contributed by atoms with E-state index in [0.29, 0.717) is 13.0 Å². The molecule has 0 aromatic rings. The van der Waals surface area contributed by atoms with Gasteiger partial charge in [0, 0.05) is 18.5 Å². The predicted molar refractivity (Wildman–Crippen MR) is 121 cm³/mol. The number of alkyl halides is 3. The third-order valence-electron chi connectivity index (χ3n) is 6.24. The lowest BCUT2D eigenvalue weighted by Crippen LogP contribution is -2.56. The van der Waals surface area contributed by atoms with Gasteiger partial charge >= 0.3 is 18.2 Å². The second-order valence-electron chi connectivity index (χ2n) is 9.74. The molecule has 204 valence electrons. The maximum absolute atomic E-state index is 13.0. The van der Waals surface area contributed by atoms with Gasteiger partial charge in [-0.3, -0.25) is 28.7 Å². The summed E-state index contributed by atoms with van der Waals surface area (Å²) < 4.78 is 41.0. The van der Waals surface area contributed by atoms with E-state index in [0.717, 1.165) is 32.1 Å². The Kier molecular flexibility index (Phi) is 11.1. The van der Waals surface area contributed by atoms with Crippen LogP contribution in [0.2, 0.25) is 0 Å². The van der Waals surface area contributed by atoms with Crippen molar-refractivity contribution >= 4 is 29.4 Å². The number of carbonyl (C=O) groups excluding carboxylic acids is 5. The minimum Gasteiger partial charge on any atom is -0.356 e. The van der Waals surface area contributed by atoms with E-state index < -0.39 is 54.5 Å². The molecule has 4 N–H and O–H groups in total. The van der Waals surface area contributed by atoms with Crippen molar-refractivity contribution in [3.8, 4) is 0 Å². The molecule has 2 unspecified atom stereocenters. The zero-order valence-electron chi connectivity index (χ0n) is 20.5. The Bertz CT molecular complexity index is 814. The van der Waals surface area contributed by atoms with E-state index in [9.17, 15) is 37.1 Å². The average Bonchev–Trinajstić information content (AvgIpc) is 3.20. The topological polar surface area (TPSA) is 143 Å². The van der Waals surface area contributed by atoms with Crippen molar-refractivity contribution in [3.05, 3.63) is 0 Å². The molecular weight excluding hydrogens is 485 g/mol. The monoisotopic (exact) mass is 520 g/mol. The van der Waals surface area contributed by atoms with Crippen molar-refractivity contribution in [1.82, 2.24) is 21.3 Å². The van der Waals surface area contributed by atoms with Crippen LogP contribution in [0.15, 0.2) is 0 Å². The van der Waals surface area contributed by atoms with Gasteiger partial charge in [-0.1, -0.05) is 33.1 Å². The molecule has 0 spiro atoms. The quantitative estimate of drug-likeness (QED) is 0.300. The van der Waals surface area contributed by atoms with Gasteiger partial charge in [0.05, 0.1) is 6.04 Å². The first-order chi connectivity index (χ1) is 16.9. The van der Waals surface area contributed by atoms with Gasteiger partial charge in [0.1, 0.15) is 12.6 Å². The van der Waals surface area contributed by atoms with Crippen LogP contribution in [0.3, 0.4) is 0 Å². The Morgan fingerprint density at radius 3 is 2.22 bits per heavy atom. The number of carbonyl (C=O) groups is 5. The van der Waals surface area contributed by atoms with Crippen LogP contribution >= 0.6 is 0 Å². The molecule has 10 nitrogen and oxygen atoms in total. The zero-order valence-corrected chi connectivity index (χ0v) is 20.5. The molecule has 1 saturated carbocycles. The van der Waals surface area contributed by atoms with Gasteiger partial charge in [-0.2, -0.15) is 0 Å². The summed E-state index contributed by atoms with van der Waals surface area (Å²) in [5, 5.41) is 9.97. The van der Waals surface area contributed by atoms with E-state index in [1.807, 2.05) is 0 Å². The van der Waals surface area contributed by atoms with Gasteiger partial charge in [-0.05, 0) is 38.0 Å². The third-order valence-corrected chi connectivity index (χ3v) is 6.24. The lowest BCUT2D eigenvalue weighted by atomic mass is 9.95. The van der Waals surface area contributed by atoms with Gasteiger partial charge in [-0.25, -0.2) is 0 Å². The van der Waals surface area contributed by atoms with E-state index in [2.05, 4.69) is 26.0 Å². The van der Waals surface area contributed by atoms with Crippen LogP contribution in [0.5, 0.6) is 0 Å². The highest BCUT2D eigenvalue weighted by molar-refractivity contribution is 6.35. The maximum atomic E-state index is 13.0. The number of ketones is 1. The van der Waals surface area contributed by atoms with Crippen molar-refractivity contribution < 1.29 is 41.9 Å². The summed E-state index contributed by atoms with van der Waals surface area (Å²) in [6.07, 6.45) is -0.345. The summed E-state index contributed by atoms with van der Waals surface area (Å²) in [5.74, 6) is -4.95.